The molecular formula is C11H15NO4. The van der Waals surface area contributed by atoms with Gasteiger partial charge in [0, 0.05) is 18.9 Å². The first kappa shape index (κ1) is 12.3. The molecule has 0 spiro atoms. The summed E-state index contributed by atoms with van der Waals surface area (Å²) >= 11 is 0. The summed E-state index contributed by atoms with van der Waals surface area (Å²) in [5, 5.41) is 9.49. The van der Waals surface area contributed by atoms with E-state index in [4.69, 9.17) is 15.2 Å². The highest BCUT2D eigenvalue weighted by Crippen LogP contribution is 2.21. The average molecular weight is 225 g/mol. The molecule has 1 aromatic carbocycles. The molecule has 0 aromatic heterocycles. The van der Waals surface area contributed by atoms with Gasteiger partial charge in [-0.25, -0.2) is 4.79 Å². The number of nitrogens with two attached hydrogens (primary N) is 1. The molecule has 88 valence electrons. The highest BCUT2D eigenvalue weighted by atomic mass is 16.6. The summed E-state index contributed by atoms with van der Waals surface area (Å²) in [5.41, 5.74) is 5.93. The van der Waals surface area contributed by atoms with E-state index in [-0.39, 0.29) is 17.4 Å². The van der Waals surface area contributed by atoms with Gasteiger partial charge < -0.3 is 20.3 Å². The van der Waals surface area contributed by atoms with Crippen molar-refractivity contribution in [2.24, 2.45) is 0 Å². The number of benzene rings is 1. The molecule has 5 heteroatoms. The van der Waals surface area contributed by atoms with Gasteiger partial charge in [-0.05, 0) is 19.1 Å². The first-order chi connectivity index (χ1) is 7.54. The summed E-state index contributed by atoms with van der Waals surface area (Å²) in [6, 6.07) is 4.25. The van der Waals surface area contributed by atoms with E-state index in [2.05, 4.69) is 0 Å². The number of aromatic hydroxyl groups is 1. The average Bonchev–Trinajstić information content (AvgIpc) is 2.17. The SMILES string of the molecule is COCC(C)OC(=O)c1ccc(N)cc1O. The molecular weight excluding hydrogens is 210 g/mol. The molecule has 0 radical (unpaired) electrons. The van der Waals surface area contributed by atoms with E-state index in [1.807, 2.05) is 0 Å². The minimum absolute atomic E-state index is 0.0946. The summed E-state index contributed by atoms with van der Waals surface area (Å²) in [4.78, 5) is 11.6. The van der Waals surface area contributed by atoms with Crippen molar-refractivity contribution >= 4 is 11.7 Å². The molecule has 16 heavy (non-hydrogen) atoms. The van der Waals surface area contributed by atoms with Crippen molar-refractivity contribution in [3.63, 3.8) is 0 Å². The first-order valence-corrected chi connectivity index (χ1v) is 4.83. The van der Waals surface area contributed by atoms with Crippen LogP contribution in [-0.4, -0.2) is 30.9 Å². The van der Waals surface area contributed by atoms with Crippen LogP contribution in [0.5, 0.6) is 5.75 Å². The highest BCUT2D eigenvalue weighted by Gasteiger charge is 2.15. The monoisotopic (exact) mass is 225 g/mol. The number of esters is 1. The van der Waals surface area contributed by atoms with Gasteiger partial charge in [0.05, 0.1) is 6.61 Å². The molecule has 5 nitrogen and oxygen atoms in total. The van der Waals surface area contributed by atoms with E-state index in [9.17, 15) is 9.90 Å². The summed E-state index contributed by atoms with van der Waals surface area (Å²) in [5.74, 6) is -0.781. The maximum Gasteiger partial charge on any atom is 0.342 e. The van der Waals surface area contributed by atoms with Crippen molar-refractivity contribution in [2.75, 3.05) is 19.5 Å². The molecule has 0 fully saturated rings. The van der Waals surface area contributed by atoms with Gasteiger partial charge in [-0.15, -0.1) is 0 Å². The van der Waals surface area contributed by atoms with Crippen LogP contribution in [0.3, 0.4) is 0 Å². The van der Waals surface area contributed by atoms with E-state index in [1.54, 1.807) is 6.92 Å². The summed E-state index contributed by atoms with van der Waals surface area (Å²) in [7, 11) is 1.52. The Balaban J connectivity index is 2.73. The van der Waals surface area contributed by atoms with E-state index in [0.717, 1.165) is 0 Å². The normalized spacial score (nSPS) is 12.1. The first-order valence-electron chi connectivity index (χ1n) is 4.83. The van der Waals surface area contributed by atoms with E-state index >= 15 is 0 Å². The van der Waals surface area contributed by atoms with Crippen LogP contribution in [0.1, 0.15) is 17.3 Å². The number of hydrogen-bond acceptors (Lipinski definition) is 5. The predicted molar refractivity (Wildman–Crippen MR) is 59.3 cm³/mol. The van der Waals surface area contributed by atoms with Gasteiger partial charge in [0.2, 0.25) is 0 Å². The number of phenols is 1. The lowest BCUT2D eigenvalue weighted by Gasteiger charge is -2.12. The second-order valence-corrected chi connectivity index (χ2v) is 3.45. The molecule has 3 N–H and O–H groups in total. The smallest absolute Gasteiger partial charge is 0.342 e. The van der Waals surface area contributed by atoms with Crippen LogP contribution < -0.4 is 5.73 Å². The summed E-state index contributed by atoms with van der Waals surface area (Å²) in [6.07, 6.45) is -0.366. The van der Waals surface area contributed by atoms with Gasteiger partial charge in [0.15, 0.2) is 0 Å². The van der Waals surface area contributed by atoms with Crippen molar-refractivity contribution in [3.05, 3.63) is 23.8 Å². The topological polar surface area (TPSA) is 81.8 Å². The Labute approximate surface area is 93.8 Å². The lowest BCUT2D eigenvalue weighted by Crippen LogP contribution is -2.19. The largest absolute Gasteiger partial charge is 0.507 e. The molecule has 0 aliphatic carbocycles. The predicted octanol–water partition coefficient (Wildman–Crippen LogP) is 1.17. The maximum absolute atomic E-state index is 11.6. The van der Waals surface area contributed by atoms with Crippen molar-refractivity contribution in [3.8, 4) is 5.75 Å². The van der Waals surface area contributed by atoms with Crippen LogP contribution in [0.25, 0.3) is 0 Å². The lowest BCUT2D eigenvalue weighted by molar-refractivity contribution is 0.0118. The molecule has 1 atom stereocenters. The minimum Gasteiger partial charge on any atom is -0.507 e. The third-order valence-corrected chi connectivity index (χ3v) is 1.95. The van der Waals surface area contributed by atoms with E-state index < -0.39 is 5.97 Å². The van der Waals surface area contributed by atoms with Gasteiger partial charge in [-0.3, -0.25) is 0 Å². The molecule has 0 saturated carbocycles. The second-order valence-electron chi connectivity index (χ2n) is 3.45. The standard InChI is InChI=1S/C11H15NO4/c1-7(6-15-2)16-11(14)9-4-3-8(12)5-10(9)13/h3-5,7,13H,6,12H2,1-2H3. The number of hydrogen-bond donors (Lipinski definition) is 2. The zero-order valence-corrected chi connectivity index (χ0v) is 9.27. The Bertz CT molecular complexity index is 378. The number of rotatable bonds is 4. The van der Waals surface area contributed by atoms with Crippen LogP contribution in [0.4, 0.5) is 5.69 Å². The minimum atomic E-state index is -0.595. The third kappa shape index (κ3) is 3.13. The van der Waals surface area contributed by atoms with Crippen LogP contribution >= 0.6 is 0 Å². The van der Waals surface area contributed by atoms with E-state index in [0.29, 0.717) is 12.3 Å². The molecule has 0 aliphatic rings. The third-order valence-electron chi connectivity index (χ3n) is 1.95. The molecule has 0 aliphatic heterocycles. The number of phenolic OH excluding ortho intramolecular Hbond substituents is 1. The molecule has 1 unspecified atom stereocenters. The Morgan fingerprint density at radius 1 is 1.56 bits per heavy atom. The fraction of sp³-hybridized carbons (Fsp3) is 0.364. The molecule has 1 rings (SSSR count). The van der Waals surface area contributed by atoms with Gasteiger partial charge in [0.25, 0.3) is 0 Å². The number of carbonyl (C=O) groups is 1. The Morgan fingerprint density at radius 3 is 2.81 bits per heavy atom. The van der Waals surface area contributed by atoms with Crippen LogP contribution in [-0.2, 0) is 9.47 Å². The Morgan fingerprint density at radius 2 is 2.25 bits per heavy atom. The van der Waals surface area contributed by atoms with Gasteiger partial charge >= 0.3 is 5.97 Å². The Kier molecular flexibility index (Phi) is 4.13. The molecule has 0 bridgehead atoms. The zero-order valence-electron chi connectivity index (χ0n) is 9.27. The molecule has 0 amide bonds. The number of ether oxygens (including phenoxy) is 2. The zero-order chi connectivity index (χ0) is 12.1. The maximum atomic E-state index is 11.6. The summed E-state index contributed by atoms with van der Waals surface area (Å²) in [6.45, 7) is 2.01. The quantitative estimate of drug-likeness (QED) is 0.593. The number of carbonyl (C=O) groups excluding carboxylic acids is 1. The van der Waals surface area contributed by atoms with Crippen molar-refractivity contribution in [2.45, 2.75) is 13.0 Å². The van der Waals surface area contributed by atoms with Crippen molar-refractivity contribution < 1.29 is 19.4 Å². The molecule has 1 aromatic rings. The Hall–Kier alpha value is -1.75. The fourth-order valence-electron chi connectivity index (χ4n) is 1.24. The molecule has 0 heterocycles. The second kappa shape index (κ2) is 5.37. The lowest BCUT2D eigenvalue weighted by atomic mass is 10.2. The molecule has 0 saturated heterocycles. The van der Waals surface area contributed by atoms with Gasteiger partial charge in [-0.1, -0.05) is 0 Å². The fourth-order valence-corrected chi connectivity index (χ4v) is 1.24. The van der Waals surface area contributed by atoms with Gasteiger partial charge in [-0.2, -0.15) is 0 Å². The van der Waals surface area contributed by atoms with E-state index in [1.165, 1.54) is 25.3 Å². The van der Waals surface area contributed by atoms with Crippen LogP contribution in [0.2, 0.25) is 0 Å². The van der Waals surface area contributed by atoms with Gasteiger partial charge in [0.1, 0.15) is 17.4 Å². The van der Waals surface area contributed by atoms with Crippen LogP contribution in [0, 0.1) is 0 Å². The van der Waals surface area contributed by atoms with Crippen molar-refractivity contribution in [1.82, 2.24) is 0 Å². The summed E-state index contributed by atoms with van der Waals surface area (Å²) < 4.78 is 9.86. The number of nitrogen functional groups attached to an aromatic ring is 1. The number of methoxy groups -OCH3 is 1. The highest BCUT2D eigenvalue weighted by molar-refractivity contribution is 5.93. The van der Waals surface area contributed by atoms with Crippen LogP contribution in [0.15, 0.2) is 18.2 Å². The van der Waals surface area contributed by atoms with Crippen molar-refractivity contribution in [1.29, 1.82) is 0 Å². The number of anilines is 1.